The average molecular weight is 329 g/mol. The minimum atomic E-state index is -0.0225. The molecule has 3 rings (SSSR count). The van der Waals surface area contributed by atoms with Crippen LogP contribution in [0.1, 0.15) is 17.0 Å². The third kappa shape index (κ3) is 4.22. The van der Waals surface area contributed by atoms with Gasteiger partial charge in [-0.15, -0.1) is 0 Å². The fourth-order valence-electron chi connectivity index (χ4n) is 2.58. The van der Waals surface area contributed by atoms with Gasteiger partial charge < -0.3 is 10.1 Å². The van der Waals surface area contributed by atoms with Crippen molar-refractivity contribution in [1.82, 2.24) is 15.3 Å². The fourth-order valence-corrected chi connectivity index (χ4v) is 3.34. The van der Waals surface area contributed by atoms with Gasteiger partial charge in [-0.25, -0.2) is 9.97 Å². The molecule has 23 heavy (non-hydrogen) atoms. The maximum atomic E-state index is 12.1. The number of amides is 1. The summed E-state index contributed by atoms with van der Waals surface area (Å²) in [6.45, 7) is 4.36. The van der Waals surface area contributed by atoms with Gasteiger partial charge in [0.1, 0.15) is 12.4 Å². The molecule has 1 aliphatic heterocycles. The van der Waals surface area contributed by atoms with Crippen molar-refractivity contribution < 1.29 is 9.53 Å². The van der Waals surface area contributed by atoms with Crippen LogP contribution in [0.2, 0.25) is 0 Å². The summed E-state index contributed by atoms with van der Waals surface area (Å²) in [5.74, 6) is 1.20. The molecule has 1 aromatic heterocycles. The predicted molar refractivity (Wildman–Crippen MR) is 89.8 cm³/mol. The van der Waals surface area contributed by atoms with E-state index >= 15 is 0 Å². The smallest absolute Gasteiger partial charge is 0.230 e. The number of hydrogen-bond acceptors (Lipinski definition) is 5. The lowest BCUT2D eigenvalue weighted by Crippen LogP contribution is -2.43. The Morgan fingerprint density at radius 3 is 2.83 bits per heavy atom. The monoisotopic (exact) mass is 329 g/mol. The standard InChI is InChI=1S/C17H19N3O2S/c1-11-7-12(2)19-17(18-11)23-10-16(21)20-14-8-13-5-3-4-6-15(13)22-9-14/h3-7,14H,8-10H2,1-2H3,(H,20,21). The zero-order chi connectivity index (χ0) is 16.2. The molecule has 1 unspecified atom stereocenters. The lowest BCUT2D eigenvalue weighted by atomic mass is 10.0. The molecule has 1 aromatic carbocycles. The molecule has 120 valence electrons. The number of carbonyl (C=O) groups is 1. The Morgan fingerprint density at radius 2 is 2.04 bits per heavy atom. The van der Waals surface area contributed by atoms with E-state index in [4.69, 9.17) is 4.74 Å². The zero-order valence-electron chi connectivity index (χ0n) is 13.2. The van der Waals surface area contributed by atoms with E-state index in [1.54, 1.807) is 0 Å². The minimum absolute atomic E-state index is 0.0122. The topological polar surface area (TPSA) is 64.1 Å². The molecule has 0 fully saturated rings. The van der Waals surface area contributed by atoms with Crippen LogP contribution in [0.15, 0.2) is 35.5 Å². The largest absolute Gasteiger partial charge is 0.491 e. The molecular weight excluding hydrogens is 310 g/mol. The summed E-state index contributed by atoms with van der Waals surface area (Å²) in [6.07, 6.45) is 0.798. The Morgan fingerprint density at radius 1 is 1.30 bits per heavy atom. The van der Waals surface area contributed by atoms with Crippen LogP contribution in [0.3, 0.4) is 0 Å². The van der Waals surface area contributed by atoms with E-state index in [0.717, 1.165) is 29.1 Å². The third-order valence-corrected chi connectivity index (χ3v) is 4.39. The van der Waals surface area contributed by atoms with Gasteiger partial charge in [0.25, 0.3) is 0 Å². The van der Waals surface area contributed by atoms with Crippen molar-refractivity contribution in [2.75, 3.05) is 12.4 Å². The van der Waals surface area contributed by atoms with Gasteiger partial charge in [-0.1, -0.05) is 30.0 Å². The second kappa shape index (κ2) is 7.00. The number of rotatable bonds is 4. The number of fused-ring (bicyclic) bond motifs is 1. The molecule has 0 aliphatic carbocycles. The average Bonchev–Trinajstić information content (AvgIpc) is 2.52. The molecule has 1 N–H and O–H groups in total. The highest BCUT2D eigenvalue weighted by Crippen LogP contribution is 2.24. The fraction of sp³-hybridized carbons (Fsp3) is 0.353. The SMILES string of the molecule is Cc1cc(C)nc(SCC(=O)NC2COc3ccccc3C2)n1. The number of thioether (sulfide) groups is 1. The van der Waals surface area contributed by atoms with E-state index < -0.39 is 0 Å². The second-order valence-electron chi connectivity index (χ2n) is 5.61. The molecule has 0 radical (unpaired) electrons. The zero-order valence-corrected chi connectivity index (χ0v) is 14.0. The number of benzene rings is 1. The molecule has 0 spiro atoms. The van der Waals surface area contributed by atoms with Gasteiger partial charge in [0.05, 0.1) is 11.8 Å². The van der Waals surface area contributed by atoms with E-state index in [1.807, 2.05) is 44.2 Å². The van der Waals surface area contributed by atoms with Gasteiger partial charge in [0.2, 0.25) is 5.91 Å². The number of ether oxygens (including phenoxy) is 1. The summed E-state index contributed by atoms with van der Waals surface area (Å²) in [4.78, 5) is 20.8. The Labute approximate surface area is 139 Å². The van der Waals surface area contributed by atoms with Crippen LogP contribution in [0.25, 0.3) is 0 Å². The first-order valence-corrected chi connectivity index (χ1v) is 8.54. The van der Waals surface area contributed by atoms with Crippen molar-refractivity contribution >= 4 is 17.7 Å². The molecule has 2 aromatic rings. The summed E-state index contributed by atoms with van der Waals surface area (Å²) in [7, 11) is 0. The number of hydrogen-bond donors (Lipinski definition) is 1. The van der Waals surface area contributed by atoms with E-state index in [1.165, 1.54) is 11.8 Å². The van der Waals surface area contributed by atoms with Crippen LogP contribution in [-0.2, 0) is 11.2 Å². The Bertz CT molecular complexity index is 700. The van der Waals surface area contributed by atoms with E-state index in [9.17, 15) is 4.79 Å². The molecule has 1 aliphatic rings. The number of nitrogens with zero attached hydrogens (tertiary/aromatic N) is 2. The highest BCUT2D eigenvalue weighted by Gasteiger charge is 2.21. The molecular formula is C17H19N3O2S. The van der Waals surface area contributed by atoms with E-state index in [2.05, 4.69) is 15.3 Å². The Hall–Kier alpha value is -2.08. The van der Waals surface area contributed by atoms with Gasteiger partial charge in [0.15, 0.2) is 5.16 Å². The first-order valence-electron chi connectivity index (χ1n) is 7.55. The van der Waals surface area contributed by atoms with Crippen LogP contribution in [0.4, 0.5) is 0 Å². The van der Waals surface area contributed by atoms with Crippen LogP contribution < -0.4 is 10.1 Å². The van der Waals surface area contributed by atoms with E-state index in [-0.39, 0.29) is 11.9 Å². The van der Waals surface area contributed by atoms with Crippen LogP contribution >= 0.6 is 11.8 Å². The highest BCUT2D eigenvalue weighted by atomic mass is 32.2. The first-order chi connectivity index (χ1) is 11.1. The van der Waals surface area contributed by atoms with Crippen LogP contribution in [0.5, 0.6) is 5.75 Å². The summed E-state index contributed by atoms with van der Waals surface area (Å²) >= 11 is 1.36. The van der Waals surface area contributed by atoms with Gasteiger partial charge in [-0.05, 0) is 38.0 Å². The van der Waals surface area contributed by atoms with Crippen molar-refractivity contribution in [3.05, 3.63) is 47.3 Å². The second-order valence-corrected chi connectivity index (χ2v) is 6.55. The molecule has 1 amide bonds. The molecule has 2 heterocycles. The molecule has 0 bridgehead atoms. The first kappa shape index (κ1) is 15.8. The maximum absolute atomic E-state index is 12.1. The van der Waals surface area contributed by atoms with Gasteiger partial charge in [-0.2, -0.15) is 0 Å². The number of aromatic nitrogens is 2. The summed E-state index contributed by atoms with van der Waals surface area (Å²) in [5.41, 5.74) is 2.96. The van der Waals surface area contributed by atoms with Crippen molar-refractivity contribution in [3.63, 3.8) is 0 Å². The lowest BCUT2D eigenvalue weighted by Gasteiger charge is -2.25. The van der Waals surface area contributed by atoms with Gasteiger partial charge in [-0.3, -0.25) is 4.79 Å². The maximum Gasteiger partial charge on any atom is 0.230 e. The van der Waals surface area contributed by atoms with Crippen molar-refractivity contribution in [2.45, 2.75) is 31.5 Å². The summed E-state index contributed by atoms with van der Waals surface area (Å²) in [5, 5.41) is 3.66. The molecule has 0 saturated carbocycles. The van der Waals surface area contributed by atoms with Crippen LogP contribution in [-0.4, -0.2) is 34.3 Å². The molecule has 0 saturated heterocycles. The minimum Gasteiger partial charge on any atom is -0.491 e. The number of para-hydroxylation sites is 1. The number of nitrogens with one attached hydrogen (secondary N) is 1. The normalized spacial score (nSPS) is 16.3. The Balaban J connectivity index is 1.52. The van der Waals surface area contributed by atoms with Crippen LogP contribution in [0, 0.1) is 13.8 Å². The predicted octanol–water partition coefficient (Wildman–Crippen LogP) is 2.31. The molecule has 5 nitrogen and oxygen atoms in total. The summed E-state index contributed by atoms with van der Waals surface area (Å²) in [6, 6.07) is 9.86. The highest BCUT2D eigenvalue weighted by molar-refractivity contribution is 7.99. The Kier molecular flexibility index (Phi) is 4.81. The third-order valence-electron chi connectivity index (χ3n) is 3.54. The number of carbonyl (C=O) groups excluding carboxylic acids is 1. The molecule has 1 atom stereocenters. The van der Waals surface area contributed by atoms with Crippen molar-refractivity contribution in [1.29, 1.82) is 0 Å². The van der Waals surface area contributed by atoms with E-state index in [0.29, 0.717) is 17.5 Å². The van der Waals surface area contributed by atoms with Crippen molar-refractivity contribution in [3.8, 4) is 5.75 Å². The lowest BCUT2D eigenvalue weighted by molar-refractivity contribution is -0.119. The van der Waals surface area contributed by atoms with Gasteiger partial charge in [0, 0.05) is 11.4 Å². The van der Waals surface area contributed by atoms with Crippen molar-refractivity contribution in [2.24, 2.45) is 0 Å². The van der Waals surface area contributed by atoms with Gasteiger partial charge >= 0.3 is 0 Å². The molecule has 6 heteroatoms. The number of aryl methyl sites for hydroxylation is 2. The quantitative estimate of drug-likeness (QED) is 0.689. The summed E-state index contributed by atoms with van der Waals surface area (Å²) < 4.78 is 5.68.